The molecule has 0 radical (unpaired) electrons. The normalized spacial score (nSPS) is 11.3. The molecule has 0 spiro atoms. The molecule has 0 aromatic carbocycles. The second-order valence-electron chi connectivity index (χ2n) is 2.86. The number of aromatic nitrogens is 1. The van der Waals surface area contributed by atoms with Gasteiger partial charge in [0.05, 0.1) is 12.2 Å². The highest BCUT2D eigenvalue weighted by Gasteiger charge is 2.36. The maximum atomic E-state index is 12.0. The van der Waals surface area contributed by atoms with Gasteiger partial charge in [-0.25, -0.2) is 0 Å². The van der Waals surface area contributed by atoms with Crippen LogP contribution in [-0.2, 0) is 6.54 Å². The van der Waals surface area contributed by atoms with Gasteiger partial charge in [-0.3, -0.25) is 0 Å². The SMILES string of the molecule is NCc1cc(N)c(OC(F)(F)F)c([N+](=O)[O-])n1. The van der Waals surface area contributed by atoms with Crippen molar-refractivity contribution in [2.45, 2.75) is 12.9 Å². The molecule has 7 nitrogen and oxygen atoms in total. The molecule has 4 N–H and O–H groups in total. The summed E-state index contributed by atoms with van der Waals surface area (Å²) in [6, 6.07) is 0.980. The van der Waals surface area contributed by atoms with E-state index in [2.05, 4.69) is 9.72 Å². The number of ether oxygens (including phenoxy) is 1. The molecule has 0 aliphatic rings. The first kappa shape index (κ1) is 13.0. The minimum Gasteiger partial charge on any atom is -0.395 e. The van der Waals surface area contributed by atoms with Crippen molar-refractivity contribution in [3.63, 3.8) is 0 Å². The highest BCUT2D eigenvalue weighted by Crippen LogP contribution is 2.36. The third-order valence-electron chi connectivity index (χ3n) is 1.64. The highest BCUT2D eigenvalue weighted by molar-refractivity contribution is 5.61. The summed E-state index contributed by atoms with van der Waals surface area (Å²) < 4.78 is 39.4. The fourth-order valence-electron chi connectivity index (χ4n) is 1.04. The van der Waals surface area contributed by atoms with Gasteiger partial charge in [-0.1, -0.05) is 0 Å². The highest BCUT2D eigenvalue weighted by atomic mass is 19.4. The quantitative estimate of drug-likeness (QED) is 0.610. The van der Waals surface area contributed by atoms with Crippen LogP contribution in [0.25, 0.3) is 0 Å². The van der Waals surface area contributed by atoms with Crippen LogP contribution in [-0.4, -0.2) is 16.3 Å². The van der Waals surface area contributed by atoms with E-state index >= 15 is 0 Å². The summed E-state index contributed by atoms with van der Waals surface area (Å²) in [5.74, 6) is -2.26. The zero-order chi connectivity index (χ0) is 13.2. The summed E-state index contributed by atoms with van der Waals surface area (Å²) in [6.45, 7) is -0.197. The van der Waals surface area contributed by atoms with E-state index in [1.54, 1.807) is 0 Å². The minimum atomic E-state index is -5.09. The number of nitrogen functional groups attached to an aromatic ring is 1. The number of hydrogen-bond acceptors (Lipinski definition) is 6. The van der Waals surface area contributed by atoms with Crippen LogP contribution in [0.5, 0.6) is 5.75 Å². The fraction of sp³-hybridized carbons (Fsp3) is 0.286. The predicted octanol–water partition coefficient (Wildman–Crippen LogP) is 0.929. The van der Waals surface area contributed by atoms with Crippen LogP contribution in [0.2, 0.25) is 0 Å². The van der Waals surface area contributed by atoms with Gasteiger partial charge >= 0.3 is 12.2 Å². The molecule has 17 heavy (non-hydrogen) atoms. The second-order valence-corrected chi connectivity index (χ2v) is 2.86. The smallest absolute Gasteiger partial charge is 0.395 e. The molecule has 0 amide bonds. The van der Waals surface area contributed by atoms with E-state index in [9.17, 15) is 23.3 Å². The first-order valence-corrected chi connectivity index (χ1v) is 4.14. The zero-order valence-corrected chi connectivity index (χ0v) is 8.19. The lowest BCUT2D eigenvalue weighted by atomic mass is 10.3. The first-order chi connectivity index (χ1) is 7.74. The number of nitro groups is 1. The Balaban J connectivity index is 3.32. The summed E-state index contributed by atoms with van der Waals surface area (Å²) in [5.41, 5.74) is 9.82. The molecule has 0 saturated heterocycles. The Morgan fingerprint density at radius 2 is 2.12 bits per heavy atom. The Morgan fingerprint density at radius 3 is 2.53 bits per heavy atom. The lowest BCUT2D eigenvalue weighted by Crippen LogP contribution is -2.20. The number of nitrogens with zero attached hydrogens (tertiary/aromatic N) is 2. The van der Waals surface area contributed by atoms with Crippen LogP contribution >= 0.6 is 0 Å². The lowest BCUT2D eigenvalue weighted by Gasteiger charge is -2.10. The lowest BCUT2D eigenvalue weighted by molar-refractivity contribution is -0.393. The van der Waals surface area contributed by atoms with Crippen molar-refractivity contribution < 1.29 is 22.8 Å². The van der Waals surface area contributed by atoms with Crippen LogP contribution in [0, 0.1) is 10.1 Å². The van der Waals surface area contributed by atoms with Gasteiger partial charge in [0, 0.05) is 6.07 Å². The second kappa shape index (κ2) is 4.41. The van der Waals surface area contributed by atoms with E-state index in [4.69, 9.17) is 11.5 Å². The Labute approximate surface area is 92.3 Å². The fourth-order valence-corrected chi connectivity index (χ4v) is 1.04. The number of alkyl halides is 3. The molecule has 1 aromatic heterocycles. The average molecular weight is 252 g/mol. The molecule has 1 heterocycles. The van der Waals surface area contributed by atoms with Crippen LogP contribution in [0.4, 0.5) is 24.7 Å². The Bertz CT molecular complexity index is 449. The molecule has 0 saturated carbocycles. The van der Waals surface area contributed by atoms with E-state index in [0.717, 1.165) is 6.07 Å². The molecule has 0 aliphatic heterocycles. The molecule has 10 heteroatoms. The van der Waals surface area contributed by atoms with Crippen LogP contribution < -0.4 is 16.2 Å². The van der Waals surface area contributed by atoms with Gasteiger partial charge in [0.1, 0.15) is 0 Å². The van der Waals surface area contributed by atoms with Gasteiger partial charge in [0.2, 0.25) is 5.75 Å². The summed E-state index contributed by atoms with van der Waals surface area (Å²) in [5, 5.41) is 10.5. The molecule has 1 aromatic rings. The van der Waals surface area contributed by atoms with Gasteiger partial charge in [0.25, 0.3) is 0 Å². The Hall–Kier alpha value is -2.10. The van der Waals surface area contributed by atoms with E-state index < -0.39 is 28.5 Å². The molecular weight excluding hydrogens is 245 g/mol. The van der Waals surface area contributed by atoms with E-state index in [-0.39, 0.29) is 12.2 Å². The number of anilines is 1. The third kappa shape index (κ3) is 3.17. The number of nitrogens with two attached hydrogens (primary N) is 2. The average Bonchev–Trinajstić information content (AvgIpc) is 2.18. The molecule has 0 unspecified atom stereocenters. The molecule has 0 fully saturated rings. The Kier molecular flexibility index (Phi) is 3.36. The van der Waals surface area contributed by atoms with Crippen LogP contribution in [0.3, 0.4) is 0 Å². The molecule has 0 atom stereocenters. The summed E-state index contributed by atoms with van der Waals surface area (Å²) in [4.78, 5) is 12.7. The maximum absolute atomic E-state index is 12.0. The van der Waals surface area contributed by atoms with E-state index in [1.165, 1.54) is 0 Å². The molecule has 94 valence electrons. The molecular formula is C7H7F3N4O3. The summed E-state index contributed by atoms with van der Waals surface area (Å²) >= 11 is 0. The van der Waals surface area contributed by atoms with Crippen LogP contribution in [0.1, 0.15) is 5.69 Å². The topological polar surface area (TPSA) is 117 Å². The standard InChI is InChI=1S/C7H7F3N4O3/c8-7(9,10)17-5-4(12)1-3(2-11)13-6(5)14(15)16/h1H,2,11H2,(H2,12,13). The number of halogens is 3. The zero-order valence-electron chi connectivity index (χ0n) is 8.19. The van der Waals surface area contributed by atoms with Gasteiger partial charge in [-0.15, -0.1) is 13.2 Å². The number of pyridine rings is 1. The molecule has 0 aliphatic carbocycles. The van der Waals surface area contributed by atoms with Crippen molar-refractivity contribution in [2.24, 2.45) is 5.73 Å². The van der Waals surface area contributed by atoms with Crippen molar-refractivity contribution in [1.82, 2.24) is 4.98 Å². The molecule has 1 rings (SSSR count). The van der Waals surface area contributed by atoms with E-state index in [1.807, 2.05) is 0 Å². The number of hydrogen-bond donors (Lipinski definition) is 2. The summed E-state index contributed by atoms with van der Waals surface area (Å²) in [7, 11) is 0. The van der Waals surface area contributed by atoms with Gasteiger partial charge in [-0.05, 0) is 9.91 Å². The minimum absolute atomic E-state index is 0.0104. The number of rotatable bonds is 3. The summed E-state index contributed by atoms with van der Waals surface area (Å²) in [6.07, 6.45) is -5.09. The van der Waals surface area contributed by atoms with E-state index in [0.29, 0.717) is 0 Å². The van der Waals surface area contributed by atoms with Crippen molar-refractivity contribution in [2.75, 3.05) is 5.73 Å². The third-order valence-corrected chi connectivity index (χ3v) is 1.64. The van der Waals surface area contributed by atoms with Gasteiger partial charge in [0.15, 0.2) is 5.69 Å². The monoisotopic (exact) mass is 252 g/mol. The first-order valence-electron chi connectivity index (χ1n) is 4.14. The van der Waals surface area contributed by atoms with Crippen molar-refractivity contribution in [3.8, 4) is 5.75 Å². The Morgan fingerprint density at radius 1 is 1.53 bits per heavy atom. The van der Waals surface area contributed by atoms with Crippen molar-refractivity contribution in [3.05, 3.63) is 21.9 Å². The molecule has 0 bridgehead atoms. The predicted molar refractivity (Wildman–Crippen MR) is 49.9 cm³/mol. The van der Waals surface area contributed by atoms with Gasteiger partial charge in [-0.2, -0.15) is 0 Å². The van der Waals surface area contributed by atoms with Gasteiger partial charge < -0.3 is 26.3 Å². The van der Waals surface area contributed by atoms with Crippen molar-refractivity contribution >= 4 is 11.5 Å². The maximum Gasteiger partial charge on any atom is 0.573 e. The van der Waals surface area contributed by atoms with Crippen molar-refractivity contribution in [1.29, 1.82) is 0 Å². The van der Waals surface area contributed by atoms with Crippen LogP contribution in [0.15, 0.2) is 6.07 Å². The largest absolute Gasteiger partial charge is 0.573 e.